The van der Waals surface area contributed by atoms with Gasteiger partial charge in [0.2, 0.25) is 0 Å². The predicted molar refractivity (Wildman–Crippen MR) is 117 cm³/mol. The molecule has 0 saturated heterocycles. The smallest absolute Gasteiger partial charge is 0.309 e. The van der Waals surface area contributed by atoms with Crippen LogP contribution in [0.5, 0.6) is 0 Å². The van der Waals surface area contributed by atoms with Crippen LogP contribution in [-0.4, -0.2) is 56.6 Å². The molecule has 166 valence electrons. The zero-order valence-electron chi connectivity index (χ0n) is 17.5. The largest absolute Gasteiger partial charge is 0.395 e. The molecule has 0 bridgehead atoms. The lowest BCUT2D eigenvalue weighted by molar-refractivity contribution is -0.139. The monoisotopic (exact) mass is 439 g/mol. The van der Waals surface area contributed by atoms with Crippen LogP contribution in [0.15, 0.2) is 30.6 Å². The number of carbonyl (C=O) groups excluding carboxylic acids is 2. The number of pyridine rings is 1. The Morgan fingerprint density at radius 1 is 1.19 bits per heavy atom. The standard InChI is InChI=1S/C21H22FN7O3/c1-23-19-16-17(29(2)10-26-16)14-8-15(27-18(14)28-19)12-5-11(6-13(22)7-12)9-25-21(32)20(31)24-3-4-30/h5-8,10,30H,3-4,9H2,1-2H3,(H,24,31)(H,25,32)(H2,23,27,28). The Balaban J connectivity index is 1.65. The number of amides is 2. The van der Waals surface area contributed by atoms with Crippen molar-refractivity contribution in [2.24, 2.45) is 7.05 Å². The number of rotatable bonds is 6. The normalized spacial score (nSPS) is 11.1. The van der Waals surface area contributed by atoms with E-state index in [9.17, 15) is 14.0 Å². The van der Waals surface area contributed by atoms with Crippen molar-refractivity contribution in [3.05, 3.63) is 42.0 Å². The van der Waals surface area contributed by atoms with Crippen molar-refractivity contribution < 1.29 is 19.1 Å². The molecule has 0 fully saturated rings. The molecule has 3 heterocycles. The predicted octanol–water partition coefficient (Wildman–Crippen LogP) is 1.02. The Morgan fingerprint density at radius 3 is 2.72 bits per heavy atom. The van der Waals surface area contributed by atoms with Crippen LogP contribution >= 0.6 is 0 Å². The summed E-state index contributed by atoms with van der Waals surface area (Å²) in [5.41, 5.74) is 3.95. The fourth-order valence-electron chi connectivity index (χ4n) is 3.55. The highest BCUT2D eigenvalue weighted by atomic mass is 19.1. The zero-order chi connectivity index (χ0) is 22.8. The van der Waals surface area contributed by atoms with Gasteiger partial charge in [-0.15, -0.1) is 0 Å². The van der Waals surface area contributed by atoms with E-state index in [0.717, 1.165) is 16.4 Å². The van der Waals surface area contributed by atoms with Crippen molar-refractivity contribution in [3.8, 4) is 11.3 Å². The Bertz CT molecular complexity index is 1330. The number of aromatic amines is 1. The number of nitrogens with zero attached hydrogens (tertiary/aromatic N) is 3. The van der Waals surface area contributed by atoms with Crippen LogP contribution in [0.3, 0.4) is 0 Å². The summed E-state index contributed by atoms with van der Waals surface area (Å²) >= 11 is 0. The molecule has 4 rings (SSSR count). The van der Waals surface area contributed by atoms with E-state index < -0.39 is 17.6 Å². The van der Waals surface area contributed by atoms with E-state index in [2.05, 4.69) is 30.9 Å². The molecule has 1 aromatic carbocycles. The molecule has 10 nitrogen and oxygen atoms in total. The van der Waals surface area contributed by atoms with Gasteiger partial charge < -0.3 is 30.6 Å². The van der Waals surface area contributed by atoms with Crippen molar-refractivity contribution in [1.82, 2.24) is 30.2 Å². The average Bonchev–Trinajstić information content (AvgIpc) is 3.38. The van der Waals surface area contributed by atoms with Gasteiger partial charge in [0, 0.05) is 43.8 Å². The average molecular weight is 439 g/mol. The van der Waals surface area contributed by atoms with E-state index in [1.54, 1.807) is 19.4 Å². The SMILES string of the molecule is CNc1nc2[nH]c(-c3cc(F)cc(CNC(=O)C(=O)NCCO)c3)cc2c2c1ncn2C. The molecule has 11 heteroatoms. The molecule has 0 aliphatic rings. The van der Waals surface area contributed by atoms with Gasteiger partial charge in [-0.3, -0.25) is 9.59 Å². The summed E-state index contributed by atoms with van der Waals surface area (Å²) in [7, 11) is 3.66. The van der Waals surface area contributed by atoms with Gasteiger partial charge in [0.25, 0.3) is 0 Å². The van der Waals surface area contributed by atoms with Gasteiger partial charge in [-0.1, -0.05) is 0 Å². The number of fused-ring (bicyclic) bond motifs is 3. The van der Waals surface area contributed by atoms with Crippen LogP contribution in [0.4, 0.5) is 10.2 Å². The number of aromatic nitrogens is 4. The fraction of sp³-hybridized carbons (Fsp3) is 0.238. The molecule has 5 N–H and O–H groups in total. The van der Waals surface area contributed by atoms with Crippen molar-refractivity contribution in [2.75, 3.05) is 25.5 Å². The molecule has 2 amide bonds. The molecule has 4 aromatic rings. The summed E-state index contributed by atoms with van der Waals surface area (Å²) < 4.78 is 16.2. The number of imidazole rings is 1. The highest BCUT2D eigenvalue weighted by Crippen LogP contribution is 2.32. The number of aryl methyl sites for hydroxylation is 1. The number of benzene rings is 1. The lowest BCUT2D eigenvalue weighted by atomic mass is 10.1. The molecule has 0 radical (unpaired) electrons. The van der Waals surface area contributed by atoms with Gasteiger partial charge in [-0.05, 0) is 29.8 Å². The maximum absolute atomic E-state index is 14.3. The Hall–Kier alpha value is -3.99. The molecule has 0 spiro atoms. The molecule has 0 aliphatic heterocycles. The van der Waals surface area contributed by atoms with Gasteiger partial charge in [-0.2, -0.15) is 0 Å². The molecule has 3 aromatic heterocycles. The summed E-state index contributed by atoms with van der Waals surface area (Å²) in [4.78, 5) is 35.7. The van der Waals surface area contributed by atoms with Crippen molar-refractivity contribution >= 4 is 39.7 Å². The second-order valence-electron chi connectivity index (χ2n) is 7.22. The van der Waals surface area contributed by atoms with Gasteiger partial charge in [0.05, 0.1) is 18.5 Å². The number of H-pyrrole nitrogens is 1. The van der Waals surface area contributed by atoms with E-state index in [4.69, 9.17) is 5.11 Å². The second kappa shape index (κ2) is 8.63. The highest BCUT2D eigenvalue weighted by molar-refractivity contribution is 6.35. The van der Waals surface area contributed by atoms with Crippen LogP contribution < -0.4 is 16.0 Å². The summed E-state index contributed by atoms with van der Waals surface area (Å²) in [6.07, 6.45) is 1.71. The van der Waals surface area contributed by atoms with Crippen LogP contribution in [-0.2, 0) is 23.2 Å². The number of anilines is 1. The summed E-state index contributed by atoms with van der Waals surface area (Å²) in [6, 6.07) is 6.27. The first kappa shape index (κ1) is 21.2. The van der Waals surface area contributed by atoms with Crippen LogP contribution in [0.2, 0.25) is 0 Å². The van der Waals surface area contributed by atoms with Crippen LogP contribution in [0.1, 0.15) is 5.56 Å². The third-order valence-corrected chi connectivity index (χ3v) is 5.00. The van der Waals surface area contributed by atoms with Crippen molar-refractivity contribution in [3.63, 3.8) is 0 Å². The van der Waals surface area contributed by atoms with Gasteiger partial charge in [-0.25, -0.2) is 14.4 Å². The lowest BCUT2D eigenvalue weighted by Gasteiger charge is -2.08. The zero-order valence-corrected chi connectivity index (χ0v) is 17.5. The first-order valence-electron chi connectivity index (χ1n) is 9.89. The third kappa shape index (κ3) is 3.97. The molecule has 0 aliphatic carbocycles. The minimum absolute atomic E-state index is 0.0238. The topological polar surface area (TPSA) is 137 Å². The first-order valence-corrected chi connectivity index (χ1v) is 9.89. The van der Waals surface area contributed by atoms with Crippen molar-refractivity contribution in [1.29, 1.82) is 0 Å². The van der Waals surface area contributed by atoms with E-state index in [1.165, 1.54) is 12.1 Å². The Labute approximate surface area is 181 Å². The number of nitrogens with one attached hydrogen (secondary N) is 4. The number of aliphatic hydroxyl groups is 1. The number of carbonyl (C=O) groups is 2. The van der Waals surface area contributed by atoms with Crippen molar-refractivity contribution in [2.45, 2.75) is 6.54 Å². The molecule has 0 unspecified atom stereocenters. The summed E-state index contributed by atoms with van der Waals surface area (Å²) in [6.45, 7) is -0.332. The number of hydrogen-bond acceptors (Lipinski definition) is 6. The summed E-state index contributed by atoms with van der Waals surface area (Å²) in [5, 5.41) is 17.3. The molecular formula is C21H22FN7O3. The van der Waals surface area contributed by atoms with Gasteiger partial charge >= 0.3 is 11.8 Å². The summed E-state index contributed by atoms with van der Waals surface area (Å²) in [5.74, 6) is -1.58. The Morgan fingerprint density at radius 2 is 1.97 bits per heavy atom. The number of halogens is 1. The lowest BCUT2D eigenvalue weighted by Crippen LogP contribution is -2.40. The third-order valence-electron chi connectivity index (χ3n) is 5.00. The Kier molecular flexibility index (Phi) is 5.73. The second-order valence-corrected chi connectivity index (χ2v) is 7.22. The minimum atomic E-state index is -0.864. The number of aliphatic hydroxyl groups excluding tert-OH is 1. The van der Waals surface area contributed by atoms with Crippen LogP contribution in [0, 0.1) is 5.82 Å². The van der Waals surface area contributed by atoms with E-state index in [0.29, 0.717) is 28.3 Å². The maximum atomic E-state index is 14.3. The number of hydrogen-bond donors (Lipinski definition) is 5. The van der Waals surface area contributed by atoms with E-state index in [-0.39, 0.29) is 19.7 Å². The van der Waals surface area contributed by atoms with E-state index >= 15 is 0 Å². The fourth-order valence-corrected chi connectivity index (χ4v) is 3.55. The van der Waals surface area contributed by atoms with Gasteiger partial charge in [0.15, 0.2) is 5.82 Å². The van der Waals surface area contributed by atoms with E-state index in [1.807, 2.05) is 17.7 Å². The molecule has 32 heavy (non-hydrogen) atoms. The van der Waals surface area contributed by atoms with Gasteiger partial charge in [0.1, 0.15) is 17.0 Å². The highest BCUT2D eigenvalue weighted by Gasteiger charge is 2.16. The quantitative estimate of drug-likeness (QED) is 0.285. The molecular weight excluding hydrogens is 417 g/mol. The minimum Gasteiger partial charge on any atom is -0.395 e. The first-order chi connectivity index (χ1) is 15.4. The molecule has 0 atom stereocenters. The van der Waals surface area contributed by atoms with Crippen LogP contribution in [0.25, 0.3) is 33.3 Å². The molecule has 0 saturated carbocycles. The maximum Gasteiger partial charge on any atom is 0.309 e.